The first-order valence-corrected chi connectivity index (χ1v) is 3.05. The average Bonchev–Trinajstić information content (AvgIpc) is 2.00. The van der Waals surface area contributed by atoms with Gasteiger partial charge in [0.05, 0.1) is 7.13 Å². The maximum Gasteiger partial charge on any atom is 0.158 e. The van der Waals surface area contributed by atoms with E-state index in [1.54, 1.807) is 13.8 Å². The highest BCUT2D eigenvalue weighted by Gasteiger charge is 1.93. The molecule has 0 radical (unpaired) electrons. The van der Waals surface area contributed by atoms with Crippen molar-refractivity contribution in [2.75, 3.05) is 0 Å². The Hall–Kier alpha value is -0.790. The molecule has 0 rings (SSSR count). The predicted molar refractivity (Wildman–Crippen MR) is 36.3 cm³/mol. The Kier molecular flexibility index (Phi) is 2.90. The molecule has 0 saturated carbocycles. The molecule has 0 aliphatic heterocycles. The van der Waals surface area contributed by atoms with Crippen molar-refractivity contribution >= 4 is 5.78 Å². The molecule has 0 saturated heterocycles. The molecule has 0 aromatic heterocycles. The van der Waals surface area contributed by atoms with E-state index in [0.29, 0.717) is 6.42 Å². The molecule has 0 amide bonds. The number of hydrogen-bond donors (Lipinski definition) is 1. The number of carbonyl (C=O) groups excluding carboxylic acids is 1. The van der Waals surface area contributed by atoms with Crippen LogP contribution in [0.15, 0.2) is 11.8 Å². The molecule has 0 bridgehead atoms. The largest absolute Gasteiger partial charge is 0.512 e. The molecule has 0 aromatic rings. The van der Waals surface area contributed by atoms with Gasteiger partial charge in [-0.15, -0.1) is 0 Å². The minimum Gasteiger partial charge on any atom is -0.512 e. The van der Waals surface area contributed by atoms with E-state index in [9.17, 15) is 4.79 Å². The molecule has 0 aromatic carbocycles. The van der Waals surface area contributed by atoms with Crippen molar-refractivity contribution in [1.82, 2.24) is 0 Å². The summed E-state index contributed by atoms with van der Waals surface area (Å²) >= 11 is 0. The second-order valence-corrected chi connectivity index (χ2v) is 1.70. The van der Waals surface area contributed by atoms with Crippen molar-refractivity contribution in [3.05, 3.63) is 11.8 Å². The second-order valence-electron chi connectivity index (χ2n) is 1.70. The lowest BCUT2D eigenvalue weighted by Crippen LogP contribution is -1.90. The van der Waals surface area contributed by atoms with Gasteiger partial charge in [0.2, 0.25) is 0 Å². The number of ketones is 1. The Morgan fingerprint density at radius 3 is 2.56 bits per heavy atom. The SMILES string of the molecule is [2H]C(C(=O)CC)=C(O)CC. The first-order chi connectivity index (χ1) is 4.63. The molecule has 0 heterocycles. The monoisotopic (exact) mass is 129 g/mol. The van der Waals surface area contributed by atoms with Crippen molar-refractivity contribution in [3.63, 3.8) is 0 Å². The lowest BCUT2D eigenvalue weighted by Gasteiger charge is -1.90. The van der Waals surface area contributed by atoms with E-state index in [0.717, 1.165) is 0 Å². The summed E-state index contributed by atoms with van der Waals surface area (Å²) in [6.07, 6.45) is 0.632. The van der Waals surface area contributed by atoms with Gasteiger partial charge in [0.25, 0.3) is 0 Å². The van der Waals surface area contributed by atoms with E-state index in [4.69, 9.17) is 6.48 Å². The zero-order valence-corrected chi connectivity index (χ0v) is 5.77. The van der Waals surface area contributed by atoms with Crippen molar-refractivity contribution in [2.45, 2.75) is 26.7 Å². The zero-order valence-electron chi connectivity index (χ0n) is 6.77. The first kappa shape index (κ1) is 6.33. The Morgan fingerprint density at radius 2 is 2.22 bits per heavy atom. The Morgan fingerprint density at radius 1 is 1.67 bits per heavy atom. The van der Waals surface area contributed by atoms with Crippen molar-refractivity contribution in [1.29, 1.82) is 0 Å². The molecule has 0 fully saturated rings. The molecule has 0 spiro atoms. The van der Waals surface area contributed by atoms with Gasteiger partial charge in [0.15, 0.2) is 5.78 Å². The Balaban J connectivity index is 4.30. The predicted octanol–water partition coefficient (Wildman–Crippen LogP) is 1.82. The quantitative estimate of drug-likeness (QED) is 0.466. The number of carbonyl (C=O) groups is 1. The lowest BCUT2D eigenvalue weighted by atomic mass is 10.2. The summed E-state index contributed by atoms with van der Waals surface area (Å²) in [4.78, 5) is 10.7. The van der Waals surface area contributed by atoms with Crippen LogP contribution in [-0.2, 0) is 4.79 Å². The van der Waals surface area contributed by atoms with Gasteiger partial charge >= 0.3 is 0 Å². The molecule has 9 heavy (non-hydrogen) atoms. The van der Waals surface area contributed by atoms with Crippen LogP contribution in [0.4, 0.5) is 0 Å². The minimum absolute atomic E-state index is 0.119. The Labute approximate surface area is 56.6 Å². The van der Waals surface area contributed by atoms with Gasteiger partial charge in [-0.2, -0.15) is 0 Å². The third-order valence-corrected chi connectivity index (χ3v) is 0.940. The molecule has 0 atom stereocenters. The molecular formula is C7H12O2. The lowest BCUT2D eigenvalue weighted by molar-refractivity contribution is -0.114. The van der Waals surface area contributed by atoms with Gasteiger partial charge in [-0.05, 0) is 0 Å². The molecule has 52 valence electrons. The third-order valence-electron chi connectivity index (χ3n) is 0.940. The van der Waals surface area contributed by atoms with Crippen LogP contribution in [-0.4, -0.2) is 10.9 Å². The maximum absolute atomic E-state index is 10.7. The number of aliphatic hydroxyl groups is 1. The molecule has 0 aliphatic carbocycles. The second kappa shape index (κ2) is 4.13. The summed E-state index contributed by atoms with van der Waals surface area (Å²) in [6.45, 7) is 3.37. The Bertz CT molecular complexity index is 161. The molecule has 2 heteroatoms. The van der Waals surface area contributed by atoms with Crippen LogP contribution in [0.3, 0.4) is 0 Å². The van der Waals surface area contributed by atoms with Crippen LogP contribution in [0.1, 0.15) is 28.1 Å². The highest BCUT2D eigenvalue weighted by atomic mass is 16.3. The third kappa shape index (κ3) is 3.76. The van der Waals surface area contributed by atoms with E-state index in [1.807, 2.05) is 0 Å². The van der Waals surface area contributed by atoms with E-state index < -0.39 is 0 Å². The zero-order chi connectivity index (χ0) is 8.15. The average molecular weight is 129 g/mol. The van der Waals surface area contributed by atoms with Gasteiger partial charge in [-0.3, -0.25) is 4.79 Å². The summed E-state index contributed by atoms with van der Waals surface area (Å²) in [5, 5.41) is 8.90. The summed E-state index contributed by atoms with van der Waals surface area (Å²) in [6, 6.07) is -0.245. The number of aliphatic hydroxyl groups excluding tert-OH is 1. The molecule has 0 unspecified atom stereocenters. The van der Waals surface area contributed by atoms with Gasteiger partial charge in [-0.25, -0.2) is 0 Å². The van der Waals surface area contributed by atoms with Crippen molar-refractivity contribution < 1.29 is 11.3 Å². The number of allylic oxidation sites excluding steroid dienone is 2. The van der Waals surface area contributed by atoms with E-state index in [2.05, 4.69) is 0 Å². The summed E-state index contributed by atoms with van der Waals surface area (Å²) in [5.74, 6) is -0.425. The fourth-order valence-electron chi connectivity index (χ4n) is 0.338. The van der Waals surface area contributed by atoms with E-state index >= 15 is 0 Å². The fraction of sp³-hybridized carbons (Fsp3) is 0.571. The van der Waals surface area contributed by atoms with E-state index in [1.165, 1.54) is 0 Å². The maximum atomic E-state index is 10.7. The number of rotatable bonds is 3. The highest BCUT2D eigenvalue weighted by molar-refractivity contribution is 5.89. The topological polar surface area (TPSA) is 37.3 Å². The molecular weight excluding hydrogens is 116 g/mol. The highest BCUT2D eigenvalue weighted by Crippen LogP contribution is 1.95. The first-order valence-electron chi connectivity index (χ1n) is 3.55. The van der Waals surface area contributed by atoms with Crippen LogP contribution in [0, 0.1) is 0 Å². The summed E-state index contributed by atoms with van der Waals surface area (Å²) < 4.78 is 7.06. The van der Waals surface area contributed by atoms with Crippen LogP contribution in [0.25, 0.3) is 0 Å². The standard InChI is InChI=1S/C7H12O2/c1-3-6(8)5-7(9)4-2/h5,8H,3-4H2,1-2H3/i5D. The van der Waals surface area contributed by atoms with E-state index in [-0.39, 0.29) is 24.0 Å². The van der Waals surface area contributed by atoms with Crippen LogP contribution in [0.2, 0.25) is 0 Å². The summed E-state index contributed by atoms with van der Waals surface area (Å²) in [7, 11) is 0. The van der Waals surface area contributed by atoms with Gasteiger partial charge in [0, 0.05) is 18.9 Å². The van der Waals surface area contributed by atoms with Crippen LogP contribution >= 0.6 is 0 Å². The number of hydrogen-bond acceptors (Lipinski definition) is 2. The van der Waals surface area contributed by atoms with Crippen molar-refractivity contribution in [2.24, 2.45) is 0 Å². The summed E-state index contributed by atoms with van der Waals surface area (Å²) in [5.41, 5.74) is 0. The smallest absolute Gasteiger partial charge is 0.158 e. The molecule has 2 nitrogen and oxygen atoms in total. The molecule has 1 N–H and O–H groups in total. The van der Waals surface area contributed by atoms with Gasteiger partial charge in [0.1, 0.15) is 0 Å². The molecule has 0 aliphatic rings. The van der Waals surface area contributed by atoms with Gasteiger partial charge in [-0.1, -0.05) is 13.8 Å². The van der Waals surface area contributed by atoms with Crippen molar-refractivity contribution in [3.8, 4) is 0 Å². The normalized spacial score (nSPS) is 14.2. The fourth-order valence-corrected chi connectivity index (χ4v) is 0.338. The minimum atomic E-state index is -0.306. The van der Waals surface area contributed by atoms with Crippen LogP contribution < -0.4 is 0 Å². The van der Waals surface area contributed by atoms with Crippen LogP contribution in [0.5, 0.6) is 0 Å². The van der Waals surface area contributed by atoms with Gasteiger partial charge < -0.3 is 5.11 Å².